The monoisotopic (exact) mass is 354 g/mol. The Hall–Kier alpha value is -2.72. The molecule has 0 saturated carbocycles. The molecule has 1 aromatic heterocycles. The molecule has 128 valence electrons. The summed E-state index contributed by atoms with van der Waals surface area (Å²) in [5.41, 5.74) is 3.58. The molecule has 0 saturated heterocycles. The average Bonchev–Trinajstić information content (AvgIpc) is 3.04. The molecule has 0 unspecified atom stereocenters. The molecule has 0 bridgehead atoms. The summed E-state index contributed by atoms with van der Waals surface area (Å²) in [6.07, 6.45) is 0.298. The number of rotatable bonds is 6. The van der Waals surface area contributed by atoms with E-state index in [9.17, 15) is 9.90 Å². The number of aromatic nitrogens is 1. The molecule has 5 heteroatoms. The lowest BCUT2D eigenvalue weighted by Gasteiger charge is -2.17. The van der Waals surface area contributed by atoms with E-state index in [2.05, 4.69) is 0 Å². The zero-order chi connectivity index (χ0) is 17.8. The van der Waals surface area contributed by atoms with Crippen LogP contribution in [0.2, 0.25) is 5.02 Å². The maximum atomic E-state index is 10.9. The molecule has 4 nitrogen and oxygen atoms in total. The van der Waals surface area contributed by atoms with Gasteiger partial charge in [0.05, 0.1) is 18.5 Å². The van der Waals surface area contributed by atoms with Gasteiger partial charge in [-0.25, -0.2) is 0 Å². The number of methoxy groups -OCH3 is 1. The molecule has 2 aromatic carbocycles. The van der Waals surface area contributed by atoms with Gasteiger partial charge in [-0.1, -0.05) is 41.9 Å². The number of halogens is 1. The highest BCUT2D eigenvalue weighted by molar-refractivity contribution is 6.30. The number of aliphatic carboxylic acids is 1. The van der Waals surface area contributed by atoms with Crippen LogP contribution in [-0.4, -0.2) is 17.6 Å². The van der Waals surface area contributed by atoms with Crippen molar-refractivity contribution in [2.75, 3.05) is 7.11 Å². The van der Waals surface area contributed by atoms with Crippen LogP contribution in [0.1, 0.15) is 12.1 Å². The van der Waals surface area contributed by atoms with E-state index in [4.69, 9.17) is 16.3 Å². The number of carboxylic acid groups (broad SMARTS) is 1. The normalized spacial score (nSPS) is 10.6. The second-order valence-electron chi connectivity index (χ2n) is 5.60. The first kappa shape index (κ1) is 17.1. The van der Waals surface area contributed by atoms with Gasteiger partial charge >= 0.3 is 0 Å². The van der Waals surface area contributed by atoms with E-state index in [1.165, 1.54) is 0 Å². The molecule has 25 heavy (non-hydrogen) atoms. The van der Waals surface area contributed by atoms with Crippen LogP contribution in [0.25, 0.3) is 16.9 Å². The smallest absolute Gasteiger partial charge is 0.142 e. The summed E-state index contributed by atoms with van der Waals surface area (Å²) in [4.78, 5) is 10.9. The van der Waals surface area contributed by atoms with Gasteiger partial charge in [0.25, 0.3) is 0 Å². The lowest BCUT2D eigenvalue weighted by Crippen LogP contribution is -2.22. The fourth-order valence-corrected chi connectivity index (χ4v) is 3.03. The van der Waals surface area contributed by atoms with Gasteiger partial charge in [-0.3, -0.25) is 0 Å². The quantitative estimate of drug-likeness (QED) is 0.681. The number of hydrogen-bond donors (Lipinski definition) is 0. The highest BCUT2D eigenvalue weighted by atomic mass is 35.5. The third-order valence-corrected chi connectivity index (χ3v) is 4.23. The molecule has 1 heterocycles. The van der Waals surface area contributed by atoms with Crippen molar-refractivity contribution in [1.82, 2.24) is 4.57 Å². The Labute approximate surface area is 151 Å². The van der Waals surface area contributed by atoms with Crippen LogP contribution < -0.4 is 9.84 Å². The highest BCUT2D eigenvalue weighted by Gasteiger charge is 2.16. The van der Waals surface area contributed by atoms with Crippen molar-refractivity contribution in [3.63, 3.8) is 0 Å². The standard InChI is InChI=1S/C20H18ClNO3/c1-25-19-11-7-15(21)13-18(19)22-16(9-12-20(23)24)8-10-17(22)14-5-3-2-4-6-14/h2-8,10-11,13H,9,12H2,1H3,(H,23,24)/p-1. The van der Waals surface area contributed by atoms with Gasteiger partial charge in [-0.2, -0.15) is 0 Å². The zero-order valence-electron chi connectivity index (χ0n) is 13.7. The van der Waals surface area contributed by atoms with E-state index < -0.39 is 5.97 Å². The van der Waals surface area contributed by atoms with Crippen LogP contribution in [0.15, 0.2) is 60.7 Å². The number of carboxylic acids is 1. The number of nitrogens with zero attached hydrogens (tertiary/aromatic N) is 1. The van der Waals surface area contributed by atoms with Crippen LogP contribution in [0.3, 0.4) is 0 Å². The number of hydrogen-bond acceptors (Lipinski definition) is 3. The topological polar surface area (TPSA) is 54.3 Å². The Bertz CT molecular complexity index is 887. The number of aryl methyl sites for hydroxylation is 1. The minimum atomic E-state index is -1.08. The van der Waals surface area contributed by atoms with Crippen molar-refractivity contribution >= 4 is 17.6 Å². The molecule has 0 N–H and O–H groups in total. The van der Waals surface area contributed by atoms with Gasteiger partial charge in [0.2, 0.25) is 0 Å². The Morgan fingerprint density at radius 1 is 1.12 bits per heavy atom. The lowest BCUT2D eigenvalue weighted by molar-refractivity contribution is -0.305. The van der Waals surface area contributed by atoms with Crippen LogP contribution in [0.5, 0.6) is 5.75 Å². The number of carbonyl (C=O) groups excluding carboxylic acids is 1. The maximum Gasteiger partial charge on any atom is 0.142 e. The predicted octanol–water partition coefficient (Wildman–Crippen LogP) is 3.49. The summed E-state index contributed by atoms with van der Waals surface area (Å²) in [6.45, 7) is 0. The van der Waals surface area contributed by atoms with E-state index in [0.717, 1.165) is 22.6 Å². The fraction of sp³-hybridized carbons (Fsp3) is 0.150. The molecule has 0 atom stereocenters. The largest absolute Gasteiger partial charge is 0.550 e. The first-order chi connectivity index (χ1) is 12.1. The molecule has 3 rings (SSSR count). The van der Waals surface area contributed by atoms with E-state index in [0.29, 0.717) is 17.2 Å². The highest BCUT2D eigenvalue weighted by Crippen LogP contribution is 2.33. The van der Waals surface area contributed by atoms with Crippen molar-refractivity contribution < 1.29 is 14.6 Å². The Kier molecular flexibility index (Phi) is 5.10. The van der Waals surface area contributed by atoms with Crippen molar-refractivity contribution in [2.24, 2.45) is 0 Å². The average molecular weight is 355 g/mol. The van der Waals surface area contributed by atoms with Crippen LogP contribution in [0, 0.1) is 0 Å². The van der Waals surface area contributed by atoms with Crippen LogP contribution in [0.4, 0.5) is 0 Å². The third kappa shape index (κ3) is 3.69. The van der Waals surface area contributed by atoms with Crippen molar-refractivity contribution in [3.8, 4) is 22.7 Å². The first-order valence-corrected chi connectivity index (χ1v) is 8.27. The number of carbonyl (C=O) groups is 1. The minimum Gasteiger partial charge on any atom is -0.550 e. The molecule has 0 aliphatic heterocycles. The zero-order valence-corrected chi connectivity index (χ0v) is 14.5. The molecular weight excluding hydrogens is 338 g/mol. The predicted molar refractivity (Wildman–Crippen MR) is 96.1 cm³/mol. The van der Waals surface area contributed by atoms with E-state index >= 15 is 0 Å². The molecular formula is C20H17ClNO3-. The number of ether oxygens (including phenoxy) is 1. The van der Waals surface area contributed by atoms with Gasteiger partial charge in [0.15, 0.2) is 0 Å². The van der Waals surface area contributed by atoms with Crippen molar-refractivity contribution in [2.45, 2.75) is 12.8 Å². The summed E-state index contributed by atoms with van der Waals surface area (Å²) < 4.78 is 7.48. The molecule has 0 spiro atoms. The minimum absolute atomic E-state index is 0.0544. The van der Waals surface area contributed by atoms with E-state index in [1.807, 2.05) is 53.1 Å². The van der Waals surface area contributed by atoms with Crippen molar-refractivity contribution in [3.05, 3.63) is 71.4 Å². The molecule has 0 amide bonds. The van der Waals surface area contributed by atoms with Gasteiger partial charge in [0, 0.05) is 16.7 Å². The fourth-order valence-electron chi connectivity index (χ4n) is 2.86. The second-order valence-corrected chi connectivity index (χ2v) is 6.04. The van der Waals surface area contributed by atoms with Crippen LogP contribution in [-0.2, 0) is 11.2 Å². The van der Waals surface area contributed by atoms with E-state index in [1.54, 1.807) is 19.2 Å². The first-order valence-electron chi connectivity index (χ1n) is 7.90. The third-order valence-electron chi connectivity index (χ3n) is 4.00. The lowest BCUT2D eigenvalue weighted by atomic mass is 10.1. The summed E-state index contributed by atoms with van der Waals surface area (Å²) in [5, 5.41) is 11.5. The number of benzene rings is 2. The van der Waals surface area contributed by atoms with Crippen molar-refractivity contribution in [1.29, 1.82) is 0 Å². The summed E-state index contributed by atoms with van der Waals surface area (Å²) in [7, 11) is 1.60. The van der Waals surface area contributed by atoms with E-state index in [-0.39, 0.29) is 6.42 Å². The molecule has 3 aromatic rings. The maximum absolute atomic E-state index is 10.9. The van der Waals surface area contributed by atoms with Gasteiger partial charge in [-0.05, 0) is 48.7 Å². The summed E-state index contributed by atoms with van der Waals surface area (Å²) >= 11 is 6.20. The molecule has 0 fully saturated rings. The second kappa shape index (κ2) is 7.45. The SMILES string of the molecule is COc1ccc(Cl)cc1-n1c(CCC(=O)[O-])ccc1-c1ccccc1. The molecule has 0 radical (unpaired) electrons. The Morgan fingerprint density at radius 3 is 2.56 bits per heavy atom. The Balaban J connectivity index is 2.19. The van der Waals surface area contributed by atoms with Gasteiger partial charge in [-0.15, -0.1) is 0 Å². The van der Waals surface area contributed by atoms with Gasteiger partial charge < -0.3 is 19.2 Å². The van der Waals surface area contributed by atoms with Crippen LogP contribution >= 0.6 is 11.6 Å². The summed E-state index contributed by atoms with van der Waals surface area (Å²) in [6, 6.07) is 19.2. The molecule has 0 aliphatic rings. The Morgan fingerprint density at radius 2 is 1.88 bits per heavy atom. The van der Waals surface area contributed by atoms with Gasteiger partial charge in [0.1, 0.15) is 5.75 Å². The summed E-state index contributed by atoms with van der Waals surface area (Å²) in [5.74, 6) is -0.417. The molecule has 0 aliphatic carbocycles.